The van der Waals surface area contributed by atoms with Crippen LogP contribution in [0.2, 0.25) is 1.41 Å². The largest absolute Gasteiger partial charge is 0.396 e. The number of nitrogens with one attached hydrogen (secondary N) is 1. The number of hydrogen-bond acceptors (Lipinski definition) is 2. The molecule has 0 aromatic heterocycles. The van der Waals surface area contributed by atoms with Gasteiger partial charge in [0.05, 0.1) is 0 Å². The van der Waals surface area contributed by atoms with E-state index in [0.29, 0.717) is 12.5 Å². The van der Waals surface area contributed by atoms with Gasteiger partial charge in [-0.05, 0) is 31.8 Å². The van der Waals surface area contributed by atoms with Crippen molar-refractivity contribution in [3.05, 3.63) is 0 Å². The van der Waals surface area contributed by atoms with Crippen LogP contribution in [0.1, 0.15) is 12.8 Å². The fourth-order valence-corrected chi connectivity index (χ4v) is 0.986. The molecule has 1 saturated heterocycles. The molecular weight excluding hydrogens is 102 g/mol. The third-order valence-electron chi connectivity index (χ3n) is 1.65. The highest BCUT2D eigenvalue weighted by Crippen LogP contribution is 2.08. The first-order valence-corrected chi connectivity index (χ1v) is 3.17. The van der Waals surface area contributed by atoms with Crippen LogP contribution in [0.4, 0.5) is 0 Å². The molecule has 1 heterocycles. The van der Waals surface area contributed by atoms with Crippen molar-refractivity contribution in [2.45, 2.75) is 12.8 Å². The molecule has 2 heteroatoms. The lowest BCUT2D eigenvalue weighted by Crippen LogP contribution is -2.29. The molecule has 0 unspecified atom stereocenters. The van der Waals surface area contributed by atoms with Crippen LogP contribution in [0.5, 0.6) is 0 Å². The van der Waals surface area contributed by atoms with Crippen LogP contribution >= 0.6 is 0 Å². The Morgan fingerprint density at radius 2 is 2.25 bits per heavy atom. The van der Waals surface area contributed by atoms with Gasteiger partial charge >= 0.3 is 0 Å². The number of aliphatic hydroxyl groups excluding tert-OH is 1. The van der Waals surface area contributed by atoms with E-state index in [-0.39, 0.29) is 0 Å². The first-order chi connectivity index (χ1) is 4.33. The lowest BCUT2D eigenvalue weighted by atomic mass is 10.00. The van der Waals surface area contributed by atoms with Crippen molar-refractivity contribution < 1.29 is 6.52 Å². The minimum Gasteiger partial charge on any atom is -0.396 e. The third kappa shape index (κ3) is 1.46. The molecule has 0 saturated carbocycles. The Labute approximate surface area is 51.4 Å². The van der Waals surface area contributed by atoms with E-state index in [1.165, 1.54) is 0 Å². The maximum atomic E-state index is 8.70. The molecule has 1 rings (SSSR count). The van der Waals surface area contributed by atoms with E-state index in [4.69, 9.17) is 6.52 Å². The zero-order chi connectivity index (χ0) is 6.69. The molecule has 0 spiro atoms. The molecule has 1 aliphatic rings. The summed E-state index contributed by atoms with van der Waals surface area (Å²) in [6.07, 6.45) is 1.97. The van der Waals surface area contributed by atoms with Gasteiger partial charge in [-0.1, -0.05) is 0 Å². The second-order valence-corrected chi connectivity index (χ2v) is 2.30. The lowest BCUT2D eigenvalue weighted by Gasteiger charge is -2.19. The van der Waals surface area contributed by atoms with Gasteiger partial charge in [0.15, 0.2) is 0 Å². The Morgan fingerprint density at radius 1 is 1.62 bits per heavy atom. The van der Waals surface area contributed by atoms with Gasteiger partial charge in [0.25, 0.3) is 0 Å². The summed E-state index contributed by atoms with van der Waals surface area (Å²) in [6.45, 7) is 1.95. The predicted molar refractivity (Wildman–Crippen MR) is 32.7 cm³/mol. The molecule has 1 fully saturated rings. The Hall–Kier alpha value is -0.0800. The summed E-state index contributed by atoms with van der Waals surface area (Å²) in [5.41, 5.74) is 0. The molecule has 2 N–H and O–H groups in total. The SMILES string of the molecule is [2H]N1CCC(CO)CC1. The van der Waals surface area contributed by atoms with Crippen LogP contribution in [0.15, 0.2) is 0 Å². The Kier molecular flexibility index (Phi) is 1.82. The van der Waals surface area contributed by atoms with Gasteiger partial charge in [0, 0.05) is 6.61 Å². The summed E-state index contributed by atoms with van der Waals surface area (Å²) < 4.78 is 7.19. The summed E-state index contributed by atoms with van der Waals surface area (Å²) in [4.78, 5) is 0. The summed E-state index contributed by atoms with van der Waals surface area (Å²) in [6, 6.07) is 0. The standard InChI is InChI=1S/C6H13NO/c8-5-6-1-3-7-4-2-6/h6-8H,1-5H2/i/hD. The van der Waals surface area contributed by atoms with Crippen LogP contribution in [-0.4, -0.2) is 24.8 Å². The van der Waals surface area contributed by atoms with Crippen molar-refractivity contribution >= 4 is 0 Å². The minimum absolute atomic E-state index is 0.299. The minimum atomic E-state index is 0.299. The average Bonchev–Trinajstić information content (AvgIpc) is 1.90. The average molecular weight is 116 g/mol. The Bertz CT molecular complexity index is 81.1. The van der Waals surface area contributed by atoms with Crippen molar-refractivity contribution in [3.63, 3.8) is 0 Å². The van der Waals surface area contributed by atoms with Gasteiger partial charge < -0.3 is 10.4 Å². The van der Waals surface area contributed by atoms with Gasteiger partial charge in [-0.2, -0.15) is 0 Å². The van der Waals surface area contributed by atoms with Crippen LogP contribution in [-0.2, 0) is 0 Å². The van der Waals surface area contributed by atoms with Crippen LogP contribution in [0.3, 0.4) is 0 Å². The van der Waals surface area contributed by atoms with Gasteiger partial charge in [-0.3, -0.25) is 0 Å². The summed E-state index contributed by atoms with van der Waals surface area (Å²) in [5, 5.41) is 10.3. The summed E-state index contributed by atoms with van der Waals surface area (Å²) >= 11 is 0. The number of hydrogen-bond donors (Lipinski definition) is 2. The summed E-state index contributed by atoms with van der Waals surface area (Å²) in [5.74, 6) is 0.464. The van der Waals surface area contributed by atoms with E-state index in [1.807, 2.05) is 0 Å². The normalized spacial score (nSPS) is 27.9. The van der Waals surface area contributed by atoms with E-state index >= 15 is 0 Å². The molecule has 8 heavy (non-hydrogen) atoms. The zero-order valence-corrected chi connectivity index (χ0v) is 5.01. The highest BCUT2D eigenvalue weighted by Gasteiger charge is 2.09. The van der Waals surface area contributed by atoms with Crippen molar-refractivity contribution in [3.8, 4) is 0 Å². The van der Waals surface area contributed by atoms with E-state index in [2.05, 4.69) is 0 Å². The molecular formula is C6H13NO. The van der Waals surface area contributed by atoms with Gasteiger partial charge in [-0.15, -0.1) is 0 Å². The molecule has 0 atom stereocenters. The highest BCUT2D eigenvalue weighted by atomic mass is 16.3. The van der Waals surface area contributed by atoms with E-state index < -0.39 is 0 Å². The van der Waals surface area contributed by atoms with Crippen LogP contribution in [0, 0.1) is 5.92 Å². The fourth-order valence-electron chi connectivity index (χ4n) is 0.986. The topological polar surface area (TPSA) is 32.3 Å². The van der Waals surface area contributed by atoms with Crippen LogP contribution in [0.25, 0.3) is 0 Å². The smallest absolute Gasteiger partial charge is 0.122 e. The van der Waals surface area contributed by atoms with E-state index in [0.717, 1.165) is 25.9 Å². The van der Waals surface area contributed by atoms with Gasteiger partial charge in [0.1, 0.15) is 1.41 Å². The number of piperidine rings is 1. The molecule has 48 valence electrons. The summed E-state index contributed by atoms with van der Waals surface area (Å²) in [7, 11) is 0. The molecule has 0 aliphatic carbocycles. The van der Waals surface area contributed by atoms with Gasteiger partial charge in [-0.25, -0.2) is 0 Å². The molecule has 2 nitrogen and oxygen atoms in total. The van der Waals surface area contributed by atoms with Gasteiger partial charge in [0.2, 0.25) is 0 Å². The molecule has 0 amide bonds. The van der Waals surface area contributed by atoms with E-state index in [9.17, 15) is 0 Å². The zero-order valence-electron chi connectivity index (χ0n) is 6.01. The maximum Gasteiger partial charge on any atom is 0.122 e. The molecule has 0 radical (unpaired) electrons. The monoisotopic (exact) mass is 116 g/mol. The second-order valence-electron chi connectivity index (χ2n) is 2.30. The van der Waals surface area contributed by atoms with Crippen molar-refractivity contribution in [1.29, 1.82) is 0 Å². The first kappa shape index (κ1) is 4.77. The second kappa shape index (κ2) is 3.05. The van der Waals surface area contributed by atoms with Crippen molar-refractivity contribution in [2.24, 2.45) is 5.92 Å². The molecule has 0 aromatic carbocycles. The van der Waals surface area contributed by atoms with E-state index in [1.54, 1.807) is 5.31 Å². The Balaban J connectivity index is 2.18. The lowest BCUT2D eigenvalue weighted by molar-refractivity contribution is 0.196. The predicted octanol–water partition coefficient (Wildman–Crippen LogP) is -0.0217. The molecule has 1 aliphatic heterocycles. The maximum absolute atomic E-state index is 8.70. The molecule has 0 bridgehead atoms. The first-order valence-electron chi connectivity index (χ1n) is 3.62. The van der Waals surface area contributed by atoms with Crippen LogP contribution < -0.4 is 5.31 Å². The van der Waals surface area contributed by atoms with Crippen molar-refractivity contribution in [1.82, 2.24) is 5.31 Å². The molecule has 0 aromatic rings. The fraction of sp³-hybridized carbons (Fsp3) is 1.00. The quantitative estimate of drug-likeness (QED) is 0.504. The Morgan fingerprint density at radius 3 is 2.75 bits per heavy atom. The number of rotatable bonds is 1. The third-order valence-corrected chi connectivity index (χ3v) is 1.65. The highest BCUT2D eigenvalue weighted by molar-refractivity contribution is 4.66. The van der Waals surface area contributed by atoms with Crippen molar-refractivity contribution in [2.75, 3.05) is 19.7 Å². The number of aliphatic hydroxyl groups is 1.